The molecular formula is C15H10N2O3. The zero-order valence-corrected chi connectivity index (χ0v) is 10.3. The highest BCUT2D eigenvalue weighted by atomic mass is 16.5. The summed E-state index contributed by atoms with van der Waals surface area (Å²) in [5.74, 6) is -0.439. The van der Waals surface area contributed by atoms with E-state index >= 15 is 0 Å². The molecule has 98 valence electrons. The molecular weight excluding hydrogens is 256 g/mol. The molecule has 5 nitrogen and oxygen atoms in total. The summed E-state index contributed by atoms with van der Waals surface area (Å²) in [5.41, 5.74) is 1.79. The van der Waals surface area contributed by atoms with Gasteiger partial charge in [-0.25, -0.2) is 4.73 Å². The number of pyridine rings is 1. The van der Waals surface area contributed by atoms with Crippen LogP contribution >= 0.6 is 0 Å². The summed E-state index contributed by atoms with van der Waals surface area (Å²) in [6.07, 6.45) is 1.78. The molecule has 0 atom stereocenters. The van der Waals surface area contributed by atoms with E-state index in [4.69, 9.17) is 0 Å². The summed E-state index contributed by atoms with van der Waals surface area (Å²) >= 11 is 0. The standard InChI is InChI=1S/C15H10N2O3/c18-13-7-9-5-6-16-11-3-1-2-4-12(11)17(20)15(16)10(9)8-14(13)19/h1-8,18-19H. The molecule has 2 aromatic heterocycles. The molecule has 0 bridgehead atoms. The van der Waals surface area contributed by atoms with Crippen LogP contribution in [-0.2, 0) is 0 Å². The monoisotopic (exact) mass is 266 g/mol. The van der Waals surface area contributed by atoms with Gasteiger partial charge in [0.2, 0.25) is 0 Å². The van der Waals surface area contributed by atoms with Gasteiger partial charge in [-0.1, -0.05) is 12.1 Å². The maximum absolute atomic E-state index is 12.4. The van der Waals surface area contributed by atoms with Crippen LogP contribution in [0, 0.1) is 5.21 Å². The maximum atomic E-state index is 12.4. The van der Waals surface area contributed by atoms with Crippen LogP contribution in [0.3, 0.4) is 0 Å². The molecule has 2 heterocycles. The Labute approximate surface area is 113 Å². The number of rotatable bonds is 0. The van der Waals surface area contributed by atoms with Gasteiger partial charge in [-0.15, -0.1) is 0 Å². The summed E-state index contributed by atoms with van der Waals surface area (Å²) in [4.78, 5) is 0. The molecule has 0 aliphatic rings. The van der Waals surface area contributed by atoms with Crippen molar-refractivity contribution in [2.24, 2.45) is 0 Å². The van der Waals surface area contributed by atoms with Crippen molar-refractivity contribution < 1.29 is 14.9 Å². The molecule has 0 aliphatic heterocycles. The fourth-order valence-electron chi connectivity index (χ4n) is 2.64. The Hall–Kier alpha value is -2.95. The minimum atomic E-state index is -0.240. The van der Waals surface area contributed by atoms with E-state index in [0.29, 0.717) is 21.9 Å². The molecule has 5 heteroatoms. The predicted molar refractivity (Wildman–Crippen MR) is 74.7 cm³/mol. The van der Waals surface area contributed by atoms with Gasteiger partial charge in [0, 0.05) is 0 Å². The lowest BCUT2D eigenvalue weighted by atomic mass is 10.1. The van der Waals surface area contributed by atoms with E-state index in [-0.39, 0.29) is 11.5 Å². The molecule has 0 saturated heterocycles. The summed E-state index contributed by atoms with van der Waals surface area (Å²) in [6, 6.07) is 11.9. The lowest BCUT2D eigenvalue weighted by molar-refractivity contribution is -0.547. The zero-order chi connectivity index (χ0) is 13.9. The second kappa shape index (κ2) is 3.54. The van der Waals surface area contributed by atoms with Gasteiger partial charge in [-0.2, -0.15) is 4.40 Å². The van der Waals surface area contributed by atoms with Crippen molar-refractivity contribution in [3.63, 3.8) is 0 Å². The Kier molecular flexibility index (Phi) is 1.93. The van der Waals surface area contributed by atoms with Crippen LogP contribution in [0.1, 0.15) is 0 Å². The lowest BCUT2D eigenvalue weighted by Crippen LogP contribution is -2.25. The number of hydrogen-bond donors (Lipinski definition) is 2. The molecule has 0 fully saturated rings. The van der Waals surface area contributed by atoms with Crippen molar-refractivity contribution in [1.29, 1.82) is 0 Å². The number of nitrogens with zero attached hydrogens (tertiary/aromatic N) is 2. The van der Waals surface area contributed by atoms with Gasteiger partial charge < -0.3 is 15.4 Å². The Balaban J connectivity index is 2.33. The van der Waals surface area contributed by atoms with Crippen molar-refractivity contribution in [2.45, 2.75) is 0 Å². The summed E-state index contributed by atoms with van der Waals surface area (Å²) in [5, 5.41) is 33.0. The second-order valence-corrected chi connectivity index (χ2v) is 4.72. The van der Waals surface area contributed by atoms with Gasteiger partial charge in [-0.3, -0.25) is 0 Å². The first-order chi connectivity index (χ1) is 9.66. The Morgan fingerprint density at radius 1 is 1.00 bits per heavy atom. The molecule has 0 radical (unpaired) electrons. The number of imidazole rings is 1. The molecule has 20 heavy (non-hydrogen) atoms. The number of phenols is 2. The molecule has 4 rings (SSSR count). The first kappa shape index (κ1) is 10.9. The topological polar surface area (TPSA) is 71.8 Å². The van der Waals surface area contributed by atoms with E-state index in [2.05, 4.69) is 0 Å². The van der Waals surface area contributed by atoms with Gasteiger partial charge in [0.25, 0.3) is 5.65 Å². The van der Waals surface area contributed by atoms with Gasteiger partial charge in [0.1, 0.15) is 0 Å². The van der Waals surface area contributed by atoms with Crippen molar-refractivity contribution in [2.75, 3.05) is 0 Å². The fraction of sp³-hybridized carbons (Fsp3) is 0. The van der Waals surface area contributed by atoms with E-state index < -0.39 is 0 Å². The average molecular weight is 266 g/mol. The third-order valence-electron chi connectivity index (χ3n) is 3.57. The van der Waals surface area contributed by atoms with Crippen LogP contribution in [0.25, 0.3) is 27.5 Å². The molecule has 2 N–H and O–H groups in total. The van der Waals surface area contributed by atoms with Crippen LogP contribution in [0.5, 0.6) is 11.5 Å². The van der Waals surface area contributed by atoms with Gasteiger partial charge in [0.15, 0.2) is 22.5 Å². The van der Waals surface area contributed by atoms with Crippen LogP contribution in [0.4, 0.5) is 0 Å². The minimum Gasteiger partial charge on any atom is -0.710 e. The largest absolute Gasteiger partial charge is 0.710 e. The summed E-state index contributed by atoms with van der Waals surface area (Å²) < 4.78 is 2.62. The van der Waals surface area contributed by atoms with E-state index in [1.165, 1.54) is 12.1 Å². The Morgan fingerprint density at radius 3 is 2.60 bits per heavy atom. The number of phenolic OH excluding ortho intramolecular Hbond substituents is 2. The van der Waals surface area contributed by atoms with Gasteiger partial charge >= 0.3 is 0 Å². The third-order valence-corrected chi connectivity index (χ3v) is 3.57. The fourth-order valence-corrected chi connectivity index (χ4v) is 2.64. The predicted octanol–water partition coefficient (Wildman–Crippen LogP) is 2.29. The van der Waals surface area contributed by atoms with Crippen LogP contribution in [-0.4, -0.2) is 14.6 Å². The summed E-state index contributed by atoms with van der Waals surface area (Å²) in [7, 11) is 0. The van der Waals surface area contributed by atoms with Crippen molar-refractivity contribution in [3.05, 3.63) is 53.9 Å². The van der Waals surface area contributed by atoms with E-state index in [1.54, 1.807) is 22.7 Å². The molecule has 0 amide bonds. The molecule has 2 aromatic carbocycles. The van der Waals surface area contributed by atoms with Crippen LogP contribution in [0.2, 0.25) is 0 Å². The molecule has 0 saturated carbocycles. The SMILES string of the molecule is [O-][n+]1c2ccccc2n2ccc3cc(O)c(O)cc3c21. The molecule has 0 unspecified atom stereocenters. The van der Waals surface area contributed by atoms with Crippen LogP contribution in [0.15, 0.2) is 48.7 Å². The first-order valence-corrected chi connectivity index (χ1v) is 6.14. The highest BCUT2D eigenvalue weighted by Crippen LogP contribution is 2.32. The maximum Gasteiger partial charge on any atom is 0.298 e. The van der Waals surface area contributed by atoms with Gasteiger partial charge in [-0.05, 0) is 35.7 Å². The van der Waals surface area contributed by atoms with Crippen LogP contribution < -0.4 is 4.73 Å². The van der Waals surface area contributed by atoms with E-state index in [0.717, 1.165) is 10.2 Å². The number of hydrogen-bond acceptors (Lipinski definition) is 3. The summed E-state index contributed by atoms with van der Waals surface area (Å²) in [6.45, 7) is 0. The Morgan fingerprint density at radius 2 is 1.75 bits per heavy atom. The molecule has 0 spiro atoms. The van der Waals surface area contributed by atoms with E-state index in [9.17, 15) is 15.4 Å². The normalized spacial score (nSPS) is 11.6. The Bertz CT molecular complexity index is 989. The van der Waals surface area contributed by atoms with E-state index in [1.807, 2.05) is 18.2 Å². The first-order valence-electron chi connectivity index (χ1n) is 6.14. The zero-order valence-electron chi connectivity index (χ0n) is 10.3. The number of para-hydroxylation sites is 2. The van der Waals surface area contributed by atoms with Crippen molar-refractivity contribution in [1.82, 2.24) is 4.40 Å². The molecule has 4 aromatic rings. The number of fused-ring (bicyclic) bond motifs is 5. The van der Waals surface area contributed by atoms with Crippen molar-refractivity contribution >= 4 is 27.5 Å². The lowest BCUT2D eigenvalue weighted by Gasteiger charge is -2.04. The minimum absolute atomic E-state index is 0.199. The highest BCUT2D eigenvalue weighted by Gasteiger charge is 2.18. The van der Waals surface area contributed by atoms with Gasteiger partial charge in [0.05, 0.1) is 11.6 Å². The number of aromatic nitrogens is 2. The number of benzene rings is 2. The van der Waals surface area contributed by atoms with Crippen molar-refractivity contribution in [3.8, 4) is 11.5 Å². The average Bonchev–Trinajstić information content (AvgIpc) is 2.75. The quantitative estimate of drug-likeness (QED) is 0.291. The highest BCUT2D eigenvalue weighted by molar-refractivity contribution is 5.97. The number of aromatic hydroxyl groups is 2. The molecule has 0 aliphatic carbocycles. The third kappa shape index (κ3) is 1.23. The second-order valence-electron chi connectivity index (χ2n) is 4.72. The smallest absolute Gasteiger partial charge is 0.298 e.